The Bertz CT molecular complexity index is 1270. The summed E-state index contributed by atoms with van der Waals surface area (Å²) in [6, 6.07) is 1.06. The van der Waals surface area contributed by atoms with Crippen molar-refractivity contribution in [3.63, 3.8) is 0 Å². The predicted molar refractivity (Wildman–Crippen MR) is 120 cm³/mol. The average Bonchev–Trinajstić information content (AvgIpc) is 3.43. The fourth-order valence-corrected chi connectivity index (χ4v) is 4.45. The molecule has 1 unspecified atom stereocenters. The number of amides is 1. The van der Waals surface area contributed by atoms with Gasteiger partial charge in [-0.25, -0.2) is 4.21 Å². The lowest BCUT2D eigenvalue weighted by molar-refractivity contribution is -0.137. The molecule has 0 aliphatic carbocycles. The number of ether oxygens (including phenoxy) is 1. The fourth-order valence-electron chi connectivity index (χ4n) is 2.99. The summed E-state index contributed by atoms with van der Waals surface area (Å²) >= 11 is 12.0. The minimum absolute atomic E-state index is 0.0569. The molecule has 1 aliphatic heterocycles. The van der Waals surface area contributed by atoms with E-state index < -0.39 is 78.9 Å². The number of aromatic amines is 1. The van der Waals surface area contributed by atoms with Crippen molar-refractivity contribution in [2.45, 2.75) is 36.8 Å². The number of aliphatic imine (C=N–C) groups is 1. The Morgan fingerprint density at radius 1 is 1.22 bits per heavy atom. The molecule has 0 fully saturated rings. The first-order valence-electron chi connectivity index (χ1n) is 10.1. The third-order valence-electron chi connectivity index (χ3n) is 4.59. The van der Waals surface area contributed by atoms with Crippen LogP contribution < -0.4 is 0 Å². The highest BCUT2D eigenvalue weighted by atomic mass is 35.5. The van der Waals surface area contributed by atoms with Gasteiger partial charge in [-0.1, -0.05) is 35.3 Å². The Labute approximate surface area is 216 Å². The summed E-state index contributed by atoms with van der Waals surface area (Å²) in [5.74, 6) is -2.44. The summed E-state index contributed by atoms with van der Waals surface area (Å²) in [5, 5.41) is 8.26. The number of hydrogen-bond donors (Lipinski definition) is 1. The van der Waals surface area contributed by atoms with Gasteiger partial charge in [0.25, 0.3) is 0 Å². The molecule has 1 atom stereocenters. The van der Waals surface area contributed by atoms with Crippen LogP contribution in [0.4, 0.5) is 32.2 Å². The van der Waals surface area contributed by atoms with E-state index in [9.17, 15) is 35.3 Å². The molecule has 0 saturated carbocycles. The smallest absolute Gasteiger partial charge is 0.476 e. The number of benzene rings is 1. The topological polar surface area (TPSA) is 109 Å². The van der Waals surface area contributed by atoms with Crippen LogP contribution in [0.3, 0.4) is 0 Å². The molecule has 2 aromatic rings. The second kappa shape index (κ2) is 10.9. The van der Waals surface area contributed by atoms with Gasteiger partial charge >= 0.3 is 11.7 Å². The maximum atomic E-state index is 13.6. The summed E-state index contributed by atoms with van der Waals surface area (Å²) in [4.78, 5) is 20.7. The summed E-state index contributed by atoms with van der Waals surface area (Å²) in [5.41, 5.74) is -7.47. The highest BCUT2D eigenvalue weighted by Crippen LogP contribution is 2.38. The van der Waals surface area contributed by atoms with Gasteiger partial charge in [-0.05, 0) is 19.1 Å². The zero-order valence-electron chi connectivity index (χ0n) is 18.6. The number of nitrogens with one attached hydrogen (secondary N) is 1. The van der Waals surface area contributed by atoms with Crippen LogP contribution >= 0.6 is 23.2 Å². The molecular weight excluding hydrogens is 579 g/mol. The van der Waals surface area contributed by atoms with E-state index in [-0.39, 0.29) is 18.6 Å². The number of halogens is 8. The first-order valence-corrected chi connectivity index (χ1v) is 12.0. The van der Waals surface area contributed by atoms with Gasteiger partial charge in [0.15, 0.2) is 23.3 Å². The van der Waals surface area contributed by atoms with E-state index in [0.29, 0.717) is 12.1 Å². The Morgan fingerprint density at radius 3 is 2.35 bits per heavy atom. The van der Waals surface area contributed by atoms with Gasteiger partial charge < -0.3 is 9.57 Å². The van der Waals surface area contributed by atoms with Gasteiger partial charge in [0.2, 0.25) is 17.6 Å². The molecule has 9 nitrogen and oxygen atoms in total. The number of carbonyl (C=O) groups is 1. The molecule has 0 bridgehead atoms. The molecule has 37 heavy (non-hydrogen) atoms. The zero-order chi connectivity index (χ0) is 27.7. The summed E-state index contributed by atoms with van der Waals surface area (Å²) in [7, 11) is -3.77. The van der Waals surface area contributed by atoms with E-state index >= 15 is 0 Å². The van der Waals surface area contributed by atoms with Gasteiger partial charge in [-0.2, -0.15) is 36.4 Å². The van der Waals surface area contributed by atoms with Gasteiger partial charge in [-0.3, -0.25) is 14.8 Å². The standard InChI is InChI=1S/C19H15Cl2F6N5O4S/c1-3-11(33)32-7-36-31-16(32)13-14(37(34)19(25,26)27)15(30-29-13)28-17(35-4-2)12-9(20)5-8(6-10(12)21)18(22,23)24/h5-6H,3-4,7H2,1-2H3,(H,29,30). The van der Waals surface area contributed by atoms with Crippen molar-refractivity contribution in [2.24, 2.45) is 10.1 Å². The molecule has 3 rings (SSSR count). The van der Waals surface area contributed by atoms with Crippen molar-refractivity contribution in [1.29, 1.82) is 0 Å². The number of oxime groups is 1. The molecule has 18 heteroatoms. The van der Waals surface area contributed by atoms with E-state index in [2.05, 4.69) is 20.3 Å². The third-order valence-corrected chi connectivity index (χ3v) is 6.37. The maximum absolute atomic E-state index is 13.6. The fraction of sp³-hybridized carbons (Fsp3) is 0.368. The number of hydrogen-bond acceptors (Lipinski definition) is 7. The first kappa shape index (κ1) is 28.7. The molecule has 202 valence electrons. The van der Waals surface area contributed by atoms with E-state index in [4.69, 9.17) is 32.8 Å². The minimum Gasteiger partial charge on any atom is -0.477 e. The number of H-pyrrole nitrogens is 1. The molecule has 0 radical (unpaired) electrons. The lowest BCUT2D eigenvalue weighted by Crippen LogP contribution is -2.35. The monoisotopic (exact) mass is 593 g/mol. The van der Waals surface area contributed by atoms with Crippen LogP contribution in [0.25, 0.3) is 0 Å². The SMILES string of the molecule is CCOC(=Nc1n[nH]c(C2=NOCN2C(=O)CC)c1S(=O)C(F)(F)F)c1c(Cl)cc(C(F)(F)F)cc1Cl. The average molecular weight is 594 g/mol. The molecule has 1 N–H and O–H groups in total. The van der Waals surface area contributed by atoms with Crippen LogP contribution in [0.2, 0.25) is 10.0 Å². The predicted octanol–water partition coefficient (Wildman–Crippen LogP) is 5.37. The Hall–Kier alpha value is -2.85. The largest absolute Gasteiger partial charge is 0.477 e. The Balaban J connectivity index is 2.23. The molecule has 1 aromatic carbocycles. The van der Waals surface area contributed by atoms with Crippen molar-refractivity contribution >= 4 is 57.5 Å². The Kier molecular flexibility index (Phi) is 8.44. The number of aromatic nitrogens is 2. The first-order chi connectivity index (χ1) is 17.2. The van der Waals surface area contributed by atoms with Crippen molar-refractivity contribution < 1.29 is 44.9 Å². The van der Waals surface area contributed by atoms with Crippen molar-refractivity contribution in [2.75, 3.05) is 13.3 Å². The summed E-state index contributed by atoms with van der Waals surface area (Å²) in [6.07, 6.45) is -4.85. The molecule has 0 saturated heterocycles. The van der Waals surface area contributed by atoms with E-state index in [0.717, 1.165) is 4.90 Å². The van der Waals surface area contributed by atoms with Crippen LogP contribution in [-0.2, 0) is 31.3 Å². The highest BCUT2D eigenvalue weighted by molar-refractivity contribution is 7.86. The van der Waals surface area contributed by atoms with E-state index in [1.807, 2.05) is 0 Å². The third kappa shape index (κ3) is 6.01. The zero-order valence-corrected chi connectivity index (χ0v) is 21.0. The lowest BCUT2D eigenvalue weighted by atomic mass is 10.1. The Morgan fingerprint density at radius 2 is 1.84 bits per heavy atom. The van der Waals surface area contributed by atoms with Gasteiger partial charge in [0, 0.05) is 6.42 Å². The quantitative estimate of drug-likeness (QED) is 0.275. The van der Waals surface area contributed by atoms with Crippen molar-refractivity contribution in [3.8, 4) is 0 Å². The van der Waals surface area contributed by atoms with Crippen LogP contribution in [0.15, 0.2) is 27.2 Å². The van der Waals surface area contributed by atoms with Crippen LogP contribution in [0.5, 0.6) is 0 Å². The maximum Gasteiger partial charge on any atom is 0.476 e. The number of carbonyl (C=O) groups excluding carboxylic acids is 1. The highest BCUT2D eigenvalue weighted by Gasteiger charge is 2.44. The van der Waals surface area contributed by atoms with Gasteiger partial charge in [-0.15, -0.1) is 0 Å². The van der Waals surface area contributed by atoms with Crippen LogP contribution in [0, 0.1) is 0 Å². The van der Waals surface area contributed by atoms with Gasteiger partial charge in [0.1, 0.15) is 10.6 Å². The van der Waals surface area contributed by atoms with Crippen molar-refractivity contribution in [1.82, 2.24) is 15.1 Å². The second-order valence-corrected chi connectivity index (χ2v) is 9.20. The normalized spacial score (nSPS) is 15.5. The number of amidine groups is 1. The minimum atomic E-state index is -5.31. The number of rotatable bonds is 6. The second-order valence-electron chi connectivity index (χ2n) is 6.98. The summed E-state index contributed by atoms with van der Waals surface area (Å²) in [6.45, 7) is 2.35. The van der Waals surface area contributed by atoms with E-state index in [1.165, 1.54) is 13.8 Å². The van der Waals surface area contributed by atoms with Crippen LogP contribution in [0.1, 0.15) is 37.1 Å². The molecule has 1 amide bonds. The molecular formula is C19H15Cl2F6N5O4S. The van der Waals surface area contributed by atoms with E-state index in [1.54, 1.807) is 0 Å². The molecule has 1 aliphatic rings. The number of alkyl halides is 6. The summed E-state index contributed by atoms with van der Waals surface area (Å²) < 4.78 is 97.8. The number of nitrogens with zero attached hydrogens (tertiary/aromatic N) is 4. The molecule has 2 heterocycles. The van der Waals surface area contributed by atoms with Crippen molar-refractivity contribution in [3.05, 3.63) is 39.0 Å². The van der Waals surface area contributed by atoms with Gasteiger partial charge in [0.05, 0.1) is 27.8 Å². The lowest BCUT2D eigenvalue weighted by Gasteiger charge is -2.15. The van der Waals surface area contributed by atoms with Crippen LogP contribution in [-0.4, -0.2) is 55.8 Å². The molecule has 1 aromatic heterocycles. The molecule has 0 spiro atoms.